The van der Waals surface area contributed by atoms with E-state index >= 15 is 0 Å². The highest BCUT2D eigenvalue weighted by Crippen LogP contribution is 2.17. The fraction of sp³-hybridized carbons (Fsp3) is 0.0526. The molecule has 0 aliphatic heterocycles. The van der Waals surface area contributed by atoms with E-state index in [0.29, 0.717) is 11.3 Å². The number of hydrazone groups is 1. The number of para-hydroxylation sites is 1. The number of halogens is 1. The molecule has 4 aromatic rings. The van der Waals surface area contributed by atoms with Gasteiger partial charge in [-0.2, -0.15) is 9.78 Å². The van der Waals surface area contributed by atoms with Crippen molar-refractivity contribution in [2.75, 3.05) is 11.1 Å². The van der Waals surface area contributed by atoms with E-state index in [-0.39, 0.29) is 29.7 Å². The molecule has 156 valence electrons. The van der Waals surface area contributed by atoms with Gasteiger partial charge in [-0.3, -0.25) is 4.79 Å². The number of hydrogen-bond donors (Lipinski definition) is 3. The quantitative estimate of drug-likeness (QED) is 0.302. The normalized spacial score (nSPS) is 11.0. The van der Waals surface area contributed by atoms with Crippen LogP contribution in [0.25, 0.3) is 5.82 Å². The Morgan fingerprint density at radius 1 is 1.16 bits per heavy atom. The SMILES string of the molecule is Nc1nonc1-n1nnc(C(=O)N/N=C/c2ccc(F)cc2)c1CNc1ccccc1. The van der Waals surface area contributed by atoms with E-state index in [2.05, 4.69) is 41.1 Å². The zero-order chi connectivity index (χ0) is 21.6. The maximum absolute atomic E-state index is 13.0. The number of aromatic nitrogens is 5. The van der Waals surface area contributed by atoms with Gasteiger partial charge in [-0.15, -0.1) is 5.10 Å². The van der Waals surface area contributed by atoms with Crippen LogP contribution in [0.1, 0.15) is 21.7 Å². The minimum absolute atomic E-state index is 0.00193. The molecule has 0 saturated heterocycles. The van der Waals surface area contributed by atoms with Gasteiger partial charge in [0.05, 0.1) is 18.5 Å². The second-order valence-corrected chi connectivity index (χ2v) is 6.24. The monoisotopic (exact) mass is 421 g/mol. The lowest BCUT2D eigenvalue weighted by molar-refractivity contribution is 0.0949. The zero-order valence-electron chi connectivity index (χ0n) is 15.9. The lowest BCUT2D eigenvalue weighted by atomic mass is 10.2. The van der Waals surface area contributed by atoms with Gasteiger partial charge in [-0.25, -0.2) is 14.4 Å². The standard InChI is InChI=1S/C19H16FN9O2/c20-13-8-6-12(7-9-13)10-23-25-19(30)16-15(11-22-14-4-2-1-3-5-14)29(28-24-16)18-17(21)26-31-27-18/h1-10,22H,11H2,(H2,21,26)(H,25,30)/b23-10+. The summed E-state index contributed by atoms with van der Waals surface area (Å²) >= 11 is 0. The summed E-state index contributed by atoms with van der Waals surface area (Å²) in [5.41, 5.74) is 9.93. The number of hydrogen-bond acceptors (Lipinski definition) is 9. The third-order valence-corrected chi connectivity index (χ3v) is 4.16. The first-order chi connectivity index (χ1) is 15.1. The molecule has 0 saturated carbocycles. The van der Waals surface area contributed by atoms with Crippen molar-refractivity contribution in [1.82, 2.24) is 30.7 Å². The Hall–Kier alpha value is -4.61. The van der Waals surface area contributed by atoms with Crippen LogP contribution < -0.4 is 16.5 Å². The molecule has 2 heterocycles. The third-order valence-electron chi connectivity index (χ3n) is 4.16. The van der Waals surface area contributed by atoms with Gasteiger partial charge in [0.15, 0.2) is 5.69 Å². The van der Waals surface area contributed by atoms with E-state index in [1.807, 2.05) is 30.3 Å². The van der Waals surface area contributed by atoms with E-state index < -0.39 is 5.91 Å². The summed E-state index contributed by atoms with van der Waals surface area (Å²) in [6.45, 7) is 0.174. The molecule has 31 heavy (non-hydrogen) atoms. The molecule has 2 aromatic carbocycles. The fourth-order valence-corrected chi connectivity index (χ4v) is 2.65. The van der Waals surface area contributed by atoms with Gasteiger partial charge in [0.2, 0.25) is 11.6 Å². The van der Waals surface area contributed by atoms with Crippen LogP contribution in [0.2, 0.25) is 0 Å². The largest absolute Gasteiger partial charge is 0.379 e. The average Bonchev–Trinajstić information content (AvgIpc) is 3.40. The molecule has 4 N–H and O–H groups in total. The number of benzene rings is 2. The maximum atomic E-state index is 13.0. The Balaban J connectivity index is 1.57. The van der Waals surface area contributed by atoms with Gasteiger partial charge < -0.3 is 11.1 Å². The topological polar surface area (TPSA) is 149 Å². The summed E-state index contributed by atoms with van der Waals surface area (Å²) in [5, 5.41) is 22.2. The average molecular weight is 421 g/mol. The summed E-state index contributed by atoms with van der Waals surface area (Å²) in [6, 6.07) is 15.0. The van der Waals surface area contributed by atoms with Crippen molar-refractivity contribution in [1.29, 1.82) is 0 Å². The lowest BCUT2D eigenvalue weighted by Gasteiger charge is -2.08. The summed E-state index contributed by atoms with van der Waals surface area (Å²) in [5.74, 6) is -0.877. The number of amides is 1. The fourth-order valence-electron chi connectivity index (χ4n) is 2.65. The van der Waals surface area contributed by atoms with Crippen LogP contribution in [0.15, 0.2) is 64.3 Å². The number of carbonyl (C=O) groups excluding carboxylic acids is 1. The van der Waals surface area contributed by atoms with E-state index in [0.717, 1.165) is 5.69 Å². The molecule has 1 amide bonds. The molecule has 0 aliphatic rings. The molecule has 11 nitrogen and oxygen atoms in total. The van der Waals surface area contributed by atoms with Gasteiger partial charge in [-0.1, -0.05) is 35.5 Å². The number of nitrogens with two attached hydrogens (primary N) is 1. The summed E-state index contributed by atoms with van der Waals surface area (Å²) in [7, 11) is 0. The van der Waals surface area contributed by atoms with Crippen molar-refractivity contribution < 1.29 is 13.8 Å². The number of nitrogen functional groups attached to an aromatic ring is 1. The summed E-state index contributed by atoms with van der Waals surface area (Å²) < 4.78 is 18.9. The van der Waals surface area contributed by atoms with Crippen LogP contribution in [-0.4, -0.2) is 37.4 Å². The molecule has 0 atom stereocenters. The first-order valence-corrected chi connectivity index (χ1v) is 9.02. The van der Waals surface area contributed by atoms with Crippen LogP contribution in [0, 0.1) is 5.82 Å². The van der Waals surface area contributed by atoms with Crippen molar-refractivity contribution in [3.63, 3.8) is 0 Å². The molecular weight excluding hydrogens is 405 g/mol. The molecule has 0 unspecified atom stereocenters. The molecular formula is C19H16FN9O2. The van der Waals surface area contributed by atoms with E-state index in [1.54, 1.807) is 0 Å². The first-order valence-electron chi connectivity index (χ1n) is 9.02. The molecule has 4 rings (SSSR count). The van der Waals surface area contributed by atoms with Gasteiger partial charge in [0, 0.05) is 5.69 Å². The number of nitrogens with one attached hydrogen (secondary N) is 2. The predicted molar refractivity (Wildman–Crippen MR) is 109 cm³/mol. The van der Waals surface area contributed by atoms with Crippen molar-refractivity contribution in [3.8, 4) is 5.82 Å². The smallest absolute Gasteiger partial charge is 0.293 e. The Bertz CT molecular complexity index is 1200. The Kier molecular flexibility index (Phi) is 5.60. The first kappa shape index (κ1) is 19.7. The van der Waals surface area contributed by atoms with Crippen molar-refractivity contribution in [2.45, 2.75) is 6.54 Å². The van der Waals surface area contributed by atoms with Gasteiger partial charge in [-0.05, 0) is 40.1 Å². The number of carbonyl (C=O) groups is 1. The van der Waals surface area contributed by atoms with Crippen LogP contribution in [0.4, 0.5) is 15.9 Å². The summed E-state index contributed by atoms with van der Waals surface area (Å²) in [6.07, 6.45) is 1.38. The number of rotatable bonds is 7. The van der Waals surface area contributed by atoms with Crippen LogP contribution in [0.5, 0.6) is 0 Å². The Morgan fingerprint density at radius 2 is 1.94 bits per heavy atom. The van der Waals surface area contributed by atoms with E-state index in [4.69, 9.17) is 5.73 Å². The van der Waals surface area contributed by atoms with Crippen molar-refractivity contribution in [3.05, 3.63) is 77.4 Å². The molecule has 0 radical (unpaired) electrons. The number of anilines is 2. The second kappa shape index (κ2) is 8.82. The van der Waals surface area contributed by atoms with E-state index in [9.17, 15) is 9.18 Å². The van der Waals surface area contributed by atoms with Gasteiger partial charge in [0.25, 0.3) is 5.91 Å². The lowest BCUT2D eigenvalue weighted by Crippen LogP contribution is -2.21. The predicted octanol–water partition coefficient (Wildman–Crippen LogP) is 1.75. The Morgan fingerprint density at radius 3 is 2.65 bits per heavy atom. The summed E-state index contributed by atoms with van der Waals surface area (Å²) in [4.78, 5) is 12.7. The molecule has 0 spiro atoms. The molecule has 2 aromatic heterocycles. The van der Waals surface area contributed by atoms with Crippen LogP contribution in [-0.2, 0) is 6.54 Å². The minimum Gasteiger partial charge on any atom is -0.379 e. The number of nitrogens with zero attached hydrogens (tertiary/aromatic N) is 6. The molecule has 0 aliphatic carbocycles. The highest BCUT2D eigenvalue weighted by Gasteiger charge is 2.23. The Labute approximate surface area is 174 Å². The van der Waals surface area contributed by atoms with Crippen LogP contribution in [0.3, 0.4) is 0 Å². The highest BCUT2D eigenvalue weighted by atomic mass is 19.1. The maximum Gasteiger partial charge on any atom is 0.293 e. The van der Waals surface area contributed by atoms with Crippen LogP contribution >= 0.6 is 0 Å². The highest BCUT2D eigenvalue weighted by molar-refractivity contribution is 5.94. The molecule has 0 fully saturated rings. The molecule has 12 heteroatoms. The zero-order valence-corrected chi connectivity index (χ0v) is 15.9. The van der Waals surface area contributed by atoms with Gasteiger partial charge in [0.1, 0.15) is 5.82 Å². The van der Waals surface area contributed by atoms with Crippen molar-refractivity contribution >= 4 is 23.6 Å². The van der Waals surface area contributed by atoms with E-state index in [1.165, 1.54) is 35.2 Å². The molecule has 0 bridgehead atoms. The van der Waals surface area contributed by atoms with Gasteiger partial charge >= 0.3 is 0 Å². The minimum atomic E-state index is -0.607. The van der Waals surface area contributed by atoms with Crippen molar-refractivity contribution in [2.24, 2.45) is 5.10 Å². The second-order valence-electron chi connectivity index (χ2n) is 6.24. The third kappa shape index (κ3) is 4.53.